The lowest BCUT2D eigenvalue weighted by Gasteiger charge is -2.20. The zero-order valence-corrected chi connectivity index (χ0v) is 19.9. The van der Waals surface area contributed by atoms with Gasteiger partial charge in [0.25, 0.3) is 0 Å². The van der Waals surface area contributed by atoms with E-state index in [9.17, 15) is 38.4 Å². The molecular weight excluding hydrogens is 468 g/mol. The predicted octanol–water partition coefficient (Wildman–Crippen LogP) is -5.53. The summed E-state index contributed by atoms with van der Waals surface area (Å²) in [5.74, 6) is -5.18. The van der Waals surface area contributed by atoms with Crippen LogP contribution in [0.2, 0.25) is 0 Å². The Hall–Kier alpha value is -4.24. The second-order valence-electron chi connectivity index (χ2n) is 7.40. The number of nitrogens with two attached hydrogens (primary N) is 1. The summed E-state index contributed by atoms with van der Waals surface area (Å²) in [4.78, 5) is 92.6. The van der Waals surface area contributed by atoms with Crippen molar-refractivity contribution in [2.45, 2.75) is 45.8 Å². The van der Waals surface area contributed by atoms with Gasteiger partial charge >= 0.3 is 0 Å². The first kappa shape index (κ1) is 30.8. The van der Waals surface area contributed by atoms with E-state index < -0.39 is 78.5 Å². The van der Waals surface area contributed by atoms with Gasteiger partial charge in [-0.3, -0.25) is 38.4 Å². The lowest BCUT2D eigenvalue weighted by atomic mass is 10.2. The van der Waals surface area contributed by atoms with E-state index in [4.69, 9.17) is 5.73 Å². The average molecular weight is 501 g/mol. The molecule has 0 aromatic rings. The summed E-state index contributed by atoms with van der Waals surface area (Å²) in [6.07, 6.45) is 0. The van der Waals surface area contributed by atoms with E-state index in [2.05, 4.69) is 37.2 Å². The zero-order chi connectivity index (χ0) is 27.1. The smallest absolute Gasteiger partial charge is 0.242 e. The molecule has 16 nitrogen and oxygen atoms in total. The quantitative estimate of drug-likeness (QED) is 0.114. The molecule has 35 heavy (non-hydrogen) atoms. The maximum Gasteiger partial charge on any atom is 0.242 e. The first-order chi connectivity index (χ1) is 16.2. The molecule has 0 saturated heterocycles. The molecular formula is C19H32N8O8. The Bertz CT molecular complexity index is 847. The van der Waals surface area contributed by atoms with E-state index >= 15 is 0 Å². The van der Waals surface area contributed by atoms with Crippen LogP contribution in [0.3, 0.4) is 0 Å². The van der Waals surface area contributed by atoms with Crippen molar-refractivity contribution < 1.29 is 38.4 Å². The van der Waals surface area contributed by atoms with Crippen molar-refractivity contribution in [2.24, 2.45) is 5.73 Å². The molecule has 9 N–H and O–H groups in total. The third-order valence-corrected chi connectivity index (χ3v) is 4.10. The van der Waals surface area contributed by atoms with Gasteiger partial charge in [0.2, 0.25) is 47.3 Å². The fraction of sp³-hybridized carbons (Fsp3) is 0.579. The van der Waals surface area contributed by atoms with Crippen molar-refractivity contribution in [1.29, 1.82) is 0 Å². The Labute approximate surface area is 201 Å². The minimum atomic E-state index is -1.08. The highest BCUT2D eigenvalue weighted by Gasteiger charge is 2.24. The number of hydrogen-bond acceptors (Lipinski definition) is 8. The average Bonchev–Trinajstić information content (AvgIpc) is 2.77. The van der Waals surface area contributed by atoms with Crippen LogP contribution >= 0.6 is 0 Å². The Kier molecular flexibility index (Phi) is 13.7. The van der Waals surface area contributed by atoms with Gasteiger partial charge in [-0.1, -0.05) is 0 Å². The van der Waals surface area contributed by atoms with Crippen molar-refractivity contribution in [2.75, 3.05) is 26.2 Å². The Balaban J connectivity index is 4.41. The predicted molar refractivity (Wildman–Crippen MR) is 120 cm³/mol. The maximum atomic E-state index is 12.2. The molecule has 0 heterocycles. The van der Waals surface area contributed by atoms with Crippen molar-refractivity contribution in [3.63, 3.8) is 0 Å². The van der Waals surface area contributed by atoms with Gasteiger partial charge in [0.1, 0.15) is 18.1 Å². The van der Waals surface area contributed by atoms with Crippen LogP contribution < -0.4 is 43.0 Å². The number of hydrogen-bond donors (Lipinski definition) is 8. The van der Waals surface area contributed by atoms with Gasteiger partial charge in [-0.2, -0.15) is 0 Å². The molecule has 0 unspecified atom stereocenters. The van der Waals surface area contributed by atoms with E-state index in [0.717, 1.165) is 0 Å². The summed E-state index contributed by atoms with van der Waals surface area (Å²) in [6, 6.07) is -3.18. The minimum absolute atomic E-state index is 0.301. The fourth-order valence-corrected chi connectivity index (χ4v) is 2.18. The molecule has 0 bridgehead atoms. The molecule has 8 amide bonds. The SMILES string of the molecule is CC(=O)NCC(=O)NCC(=O)N[C@@H](C)C(=O)N[C@@H](C)C(=O)N[C@@H](C)C(=O)NCC(=O)NCC(N)=O. The van der Waals surface area contributed by atoms with Crippen LogP contribution in [-0.4, -0.2) is 91.6 Å². The Morgan fingerprint density at radius 1 is 0.543 bits per heavy atom. The van der Waals surface area contributed by atoms with E-state index in [1.165, 1.54) is 27.7 Å². The van der Waals surface area contributed by atoms with Crippen LogP contribution in [0, 0.1) is 0 Å². The van der Waals surface area contributed by atoms with Gasteiger partial charge in [0.05, 0.1) is 26.2 Å². The highest BCUT2D eigenvalue weighted by molar-refractivity contribution is 5.95. The summed E-state index contributed by atoms with van der Waals surface area (Å²) in [7, 11) is 0. The van der Waals surface area contributed by atoms with E-state index in [0.29, 0.717) is 0 Å². The Morgan fingerprint density at radius 3 is 1.43 bits per heavy atom. The van der Waals surface area contributed by atoms with Crippen LogP contribution in [0.25, 0.3) is 0 Å². The van der Waals surface area contributed by atoms with Gasteiger partial charge in [0.15, 0.2) is 0 Å². The molecule has 16 heteroatoms. The summed E-state index contributed by atoms with van der Waals surface area (Å²) in [5, 5.41) is 16.0. The maximum absolute atomic E-state index is 12.2. The lowest BCUT2D eigenvalue weighted by Crippen LogP contribution is -2.55. The van der Waals surface area contributed by atoms with Gasteiger partial charge in [-0.05, 0) is 20.8 Å². The second kappa shape index (κ2) is 15.6. The summed E-state index contributed by atoms with van der Waals surface area (Å²) in [5.41, 5.74) is 4.88. The fourth-order valence-electron chi connectivity index (χ4n) is 2.18. The van der Waals surface area contributed by atoms with Crippen LogP contribution in [0.5, 0.6) is 0 Å². The molecule has 0 spiro atoms. The van der Waals surface area contributed by atoms with E-state index in [1.807, 2.05) is 0 Å². The van der Waals surface area contributed by atoms with Crippen molar-refractivity contribution in [3.8, 4) is 0 Å². The van der Waals surface area contributed by atoms with Gasteiger partial charge in [-0.25, -0.2) is 0 Å². The van der Waals surface area contributed by atoms with Crippen molar-refractivity contribution in [3.05, 3.63) is 0 Å². The molecule has 0 aromatic heterocycles. The zero-order valence-electron chi connectivity index (χ0n) is 19.9. The minimum Gasteiger partial charge on any atom is -0.368 e. The molecule has 0 aliphatic heterocycles. The number of carbonyl (C=O) groups is 8. The molecule has 0 aromatic carbocycles. The molecule has 3 atom stereocenters. The standard InChI is InChI=1S/C19H32N8O8/c1-9(17(33)24-7-15(31)22-5-13(20)29)26-19(35)11(3)27-18(34)10(2)25-16(32)8-23-14(30)6-21-12(4)28/h9-11H,5-8H2,1-4H3,(H2,20,29)(H,21,28)(H,22,31)(H,23,30)(H,24,33)(H,25,32)(H,26,35)(H,27,34)/t9-,10-,11-/m0/s1. The molecule has 0 saturated carbocycles. The lowest BCUT2D eigenvalue weighted by molar-refractivity contribution is -0.133. The third-order valence-electron chi connectivity index (χ3n) is 4.10. The van der Waals surface area contributed by atoms with Crippen LogP contribution in [0.1, 0.15) is 27.7 Å². The molecule has 0 aliphatic rings. The summed E-state index contributed by atoms with van der Waals surface area (Å²) >= 11 is 0. The number of amides is 8. The molecule has 0 fully saturated rings. The number of rotatable bonds is 14. The summed E-state index contributed by atoms with van der Waals surface area (Å²) in [6.45, 7) is 3.74. The Morgan fingerprint density at radius 2 is 0.943 bits per heavy atom. The third kappa shape index (κ3) is 14.5. The molecule has 196 valence electrons. The van der Waals surface area contributed by atoms with Crippen LogP contribution in [-0.2, 0) is 38.4 Å². The van der Waals surface area contributed by atoms with E-state index in [1.54, 1.807) is 0 Å². The normalized spacial score (nSPS) is 12.6. The number of nitrogens with one attached hydrogen (secondary N) is 7. The van der Waals surface area contributed by atoms with Crippen molar-refractivity contribution >= 4 is 47.3 Å². The number of carbonyl (C=O) groups excluding carboxylic acids is 8. The first-order valence-corrected chi connectivity index (χ1v) is 10.5. The van der Waals surface area contributed by atoms with Crippen molar-refractivity contribution in [1.82, 2.24) is 37.2 Å². The largest absolute Gasteiger partial charge is 0.368 e. The molecule has 0 rings (SSSR count). The van der Waals surface area contributed by atoms with E-state index in [-0.39, 0.29) is 13.1 Å². The van der Waals surface area contributed by atoms with Crippen LogP contribution in [0.15, 0.2) is 0 Å². The monoisotopic (exact) mass is 500 g/mol. The topological polar surface area (TPSA) is 247 Å². The summed E-state index contributed by atoms with van der Waals surface area (Å²) < 4.78 is 0. The van der Waals surface area contributed by atoms with Gasteiger partial charge < -0.3 is 43.0 Å². The highest BCUT2D eigenvalue weighted by Crippen LogP contribution is 1.91. The second-order valence-corrected chi connectivity index (χ2v) is 7.40. The van der Waals surface area contributed by atoms with Gasteiger partial charge in [-0.15, -0.1) is 0 Å². The first-order valence-electron chi connectivity index (χ1n) is 10.5. The highest BCUT2D eigenvalue weighted by atomic mass is 16.2. The number of primary amides is 1. The van der Waals surface area contributed by atoms with Gasteiger partial charge in [0, 0.05) is 6.92 Å². The molecule has 0 aliphatic carbocycles. The molecule has 0 radical (unpaired) electrons. The van der Waals surface area contributed by atoms with Crippen LogP contribution in [0.4, 0.5) is 0 Å².